The highest BCUT2D eigenvalue weighted by Gasteiger charge is 2.34. The Hall–Kier alpha value is -2.44. The minimum absolute atomic E-state index is 0.134. The lowest BCUT2D eigenvalue weighted by molar-refractivity contribution is -0.138. The Morgan fingerprint density at radius 2 is 1.83 bits per heavy atom. The Kier molecular flexibility index (Phi) is 5.96. The standard InChI is InChI=1S/C17H16F4N2O5S/c18-12-2-1-11(13(9-12)17(19,20)21)10-22-16(24)14-3-4-15(28-14)29(25,26)23-5-7-27-8-6-23/h1-4,9H,5-8,10H2,(H,22,24). The molecule has 0 bridgehead atoms. The lowest BCUT2D eigenvalue weighted by Gasteiger charge is -2.24. The van der Waals surface area contributed by atoms with Gasteiger partial charge in [0.05, 0.1) is 18.8 Å². The zero-order chi connectivity index (χ0) is 21.2. The van der Waals surface area contributed by atoms with E-state index in [4.69, 9.17) is 9.15 Å². The van der Waals surface area contributed by atoms with E-state index in [-0.39, 0.29) is 37.6 Å². The number of ether oxygens (including phenoxy) is 1. The van der Waals surface area contributed by atoms with Crippen molar-refractivity contribution >= 4 is 15.9 Å². The van der Waals surface area contributed by atoms with Gasteiger partial charge in [-0.2, -0.15) is 17.5 Å². The number of benzene rings is 1. The maximum Gasteiger partial charge on any atom is 0.416 e. The fourth-order valence-corrected chi connectivity index (χ4v) is 4.04. The Morgan fingerprint density at radius 1 is 1.14 bits per heavy atom. The van der Waals surface area contributed by atoms with Crippen molar-refractivity contribution < 1.29 is 39.9 Å². The largest absolute Gasteiger partial charge is 0.438 e. The van der Waals surface area contributed by atoms with Gasteiger partial charge in [0.15, 0.2) is 5.76 Å². The summed E-state index contributed by atoms with van der Waals surface area (Å²) in [6.07, 6.45) is -4.80. The molecule has 2 heterocycles. The third-order valence-corrected chi connectivity index (χ3v) is 5.96. The molecule has 1 amide bonds. The van der Waals surface area contributed by atoms with E-state index in [1.165, 1.54) is 0 Å². The number of sulfonamides is 1. The second-order valence-electron chi connectivity index (χ2n) is 6.12. The fourth-order valence-electron chi connectivity index (χ4n) is 2.72. The van der Waals surface area contributed by atoms with Crippen LogP contribution in [0.15, 0.2) is 39.8 Å². The molecule has 1 fully saturated rings. The number of alkyl halides is 3. The third kappa shape index (κ3) is 4.77. The summed E-state index contributed by atoms with van der Waals surface area (Å²) >= 11 is 0. The van der Waals surface area contributed by atoms with Gasteiger partial charge in [0.2, 0.25) is 5.09 Å². The molecule has 0 aliphatic carbocycles. The first-order valence-electron chi connectivity index (χ1n) is 8.40. The van der Waals surface area contributed by atoms with Crippen LogP contribution in [-0.2, 0) is 27.5 Å². The van der Waals surface area contributed by atoms with Gasteiger partial charge >= 0.3 is 6.18 Å². The highest BCUT2D eigenvalue weighted by molar-refractivity contribution is 7.89. The predicted molar refractivity (Wildman–Crippen MR) is 90.9 cm³/mol. The smallest absolute Gasteiger partial charge is 0.416 e. The van der Waals surface area contributed by atoms with Crippen molar-refractivity contribution in [3.8, 4) is 0 Å². The summed E-state index contributed by atoms with van der Waals surface area (Å²) in [6.45, 7) is 0.171. The Balaban J connectivity index is 1.72. The molecular formula is C17H16F4N2O5S. The normalized spacial score (nSPS) is 16.0. The van der Waals surface area contributed by atoms with Crippen LogP contribution in [0.1, 0.15) is 21.7 Å². The molecule has 1 saturated heterocycles. The van der Waals surface area contributed by atoms with Gasteiger partial charge in [-0.25, -0.2) is 12.8 Å². The number of hydrogen-bond acceptors (Lipinski definition) is 5. The van der Waals surface area contributed by atoms with Crippen molar-refractivity contribution in [3.05, 3.63) is 53.0 Å². The number of amides is 1. The Morgan fingerprint density at radius 3 is 2.48 bits per heavy atom. The summed E-state index contributed by atoms with van der Waals surface area (Å²) < 4.78 is 88.4. The molecule has 3 rings (SSSR count). The number of halogens is 4. The summed E-state index contributed by atoms with van der Waals surface area (Å²) in [5, 5.41) is 1.75. The highest BCUT2D eigenvalue weighted by Crippen LogP contribution is 2.32. The average molecular weight is 436 g/mol. The fraction of sp³-hybridized carbons (Fsp3) is 0.353. The summed E-state index contributed by atoms with van der Waals surface area (Å²) in [4.78, 5) is 12.2. The first-order valence-corrected chi connectivity index (χ1v) is 9.84. The van der Waals surface area contributed by atoms with Crippen LogP contribution in [-0.4, -0.2) is 44.9 Å². The van der Waals surface area contributed by atoms with Crippen molar-refractivity contribution in [2.24, 2.45) is 0 Å². The number of furan rings is 1. The summed E-state index contributed by atoms with van der Waals surface area (Å²) in [5.74, 6) is -2.35. The quantitative estimate of drug-likeness (QED) is 0.728. The second-order valence-corrected chi connectivity index (χ2v) is 7.99. The van der Waals surface area contributed by atoms with E-state index in [2.05, 4.69) is 5.32 Å². The molecule has 1 aliphatic heterocycles. The SMILES string of the molecule is O=C(NCc1ccc(F)cc1C(F)(F)F)c1ccc(S(=O)(=O)N2CCOCC2)o1. The molecule has 1 aliphatic rings. The molecule has 158 valence electrons. The predicted octanol–water partition coefficient (Wildman–Crippen LogP) is 2.39. The highest BCUT2D eigenvalue weighted by atomic mass is 32.2. The van der Waals surface area contributed by atoms with E-state index in [1.54, 1.807) is 0 Å². The summed E-state index contributed by atoms with van der Waals surface area (Å²) in [6, 6.07) is 4.30. The van der Waals surface area contributed by atoms with Gasteiger partial charge in [-0.15, -0.1) is 0 Å². The van der Waals surface area contributed by atoms with E-state index in [0.717, 1.165) is 28.6 Å². The molecule has 29 heavy (non-hydrogen) atoms. The molecule has 0 atom stereocenters. The molecular weight excluding hydrogens is 420 g/mol. The minimum atomic E-state index is -4.80. The monoisotopic (exact) mass is 436 g/mol. The third-order valence-electron chi connectivity index (χ3n) is 4.19. The molecule has 7 nitrogen and oxygen atoms in total. The first-order chi connectivity index (χ1) is 13.6. The zero-order valence-electron chi connectivity index (χ0n) is 14.8. The number of carbonyl (C=O) groups is 1. The van der Waals surface area contributed by atoms with Gasteiger partial charge in [-0.05, 0) is 29.8 Å². The van der Waals surface area contributed by atoms with Gasteiger partial charge in [0.1, 0.15) is 5.82 Å². The molecule has 2 aromatic rings. The molecule has 0 unspecified atom stereocenters. The minimum Gasteiger partial charge on any atom is -0.438 e. The average Bonchev–Trinajstić information content (AvgIpc) is 3.18. The van der Waals surface area contributed by atoms with Gasteiger partial charge in [0.25, 0.3) is 15.9 Å². The van der Waals surface area contributed by atoms with Crippen LogP contribution in [0.25, 0.3) is 0 Å². The van der Waals surface area contributed by atoms with Gasteiger partial charge in [-0.1, -0.05) is 6.07 Å². The summed E-state index contributed by atoms with van der Waals surface area (Å²) in [7, 11) is -3.96. The molecule has 12 heteroatoms. The van der Waals surface area contributed by atoms with E-state index >= 15 is 0 Å². The van der Waals surface area contributed by atoms with Crippen LogP contribution in [0.4, 0.5) is 17.6 Å². The van der Waals surface area contributed by atoms with Crippen LogP contribution in [0.5, 0.6) is 0 Å². The van der Waals surface area contributed by atoms with Crippen molar-refractivity contribution in [2.45, 2.75) is 17.8 Å². The number of rotatable bonds is 5. The zero-order valence-corrected chi connectivity index (χ0v) is 15.6. The molecule has 0 spiro atoms. The first kappa shape index (κ1) is 21.3. The van der Waals surface area contributed by atoms with Gasteiger partial charge in [-0.3, -0.25) is 4.79 Å². The number of morpholine rings is 1. The topological polar surface area (TPSA) is 88.9 Å². The van der Waals surface area contributed by atoms with Crippen molar-refractivity contribution in [1.82, 2.24) is 9.62 Å². The molecule has 1 N–H and O–H groups in total. The van der Waals surface area contributed by atoms with Gasteiger partial charge < -0.3 is 14.5 Å². The van der Waals surface area contributed by atoms with Gasteiger partial charge in [0, 0.05) is 19.6 Å². The lowest BCUT2D eigenvalue weighted by atomic mass is 10.1. The van der Waals surface area contributed by atoms with E-state index < -0.39 is 45.1 Å². The number of hydrogen-bond donors (Lipinski definition) is 1. The van der Waals surface area contributed by atoms with E-state index in [1.807, 2.05) is 0 Å². The van der Waals surface area contributed by atoms with Crippen LogP contribution >= 0.6 is 0 Å². The van der Waals surface area contributed by atoms with Crippen molar-refractivity contribution in [3.63, 3.8) is 0 Å². The Bertz CT molecular complexity index is 997. The molecule has 0 saturated carbocycles. The lowest BCUT2D eigenvalue weighted by Crippen LogP contribution is -2.40. The van der Waals surface area contributed by atoms with Crippen LogP contribution < -0.4 is 5.32 Å². The molecule has 0 radical (unpaired) electrons. The number of nitrogens with one attached hydrogen (secondary N) is 1. The molecule has 1 aromatic carbocycles. The van der Waals surface area contributed by atoms with Crippen LogP contribution in [0, 0.1) is 5.82 Å². The maximum absolute atomic E-state index is 13.1. The van der Waals surface area contributed by atoms with Crippen molar-refractivity contribution in [1.29, 1.82) is 0 Å². The van der Waals surface area contributed by atoms with Crippen LogP contribution in [0.2, 0.25) is 0 Å². The number of nitrogens with zero attached hydrogens (tertiary/aromatic N) is 1. The van der Waals surface area contributed by atoms with Crippen LogP contribution in [0.3, 0.4) is 0 Å². The number of carbonyl (C=O) groups excluding carboxylic acids is 1. The Labute approximate surface area is 163 Å². The summed E-state index contributed by atoms with van der Waals surface area (Å²) in [5.41, 5.74) is -1.56. The second kappa shape index (κ2) is 8.13. The van der Waals surface area contributed by atoms with E-state index in [9.17, 15) is 30.8 Å². The molecule has 1 aromatic heterocycles. The maximum atomic E-state index is 13.1. The van der Waals surface area contributed by atoms with E-state index in [0.29, 0.717) is 6.07 Å². The van der Waals surface area contributed by atoms with Crippen molar-refractivity contribution in [2.75, 3.05) is 26.3 Å².